The molecule has 0 aromatic heterocycles. The maximum absolute atomic E-state index is 3.64. The van der Waals surface area contributed by atoms with Crippen molar-refractivity contribution in [2.24, 2.45) is 5.41 Å². The third-order valence-electron chi connectivity index (χ3n) is 3.28. The van der Waals surface area contributed by atoms with Crippen molar-refractivity contribution in [1.82, 2.24) is 0 Å². The Kier molecular flexibility index (Phi) is 3.65. The Bertz CT molecular complexity index is 367. The highest BCUT2D eigenvalue weighted by Crippen LogP contribution is 2.40. The van der Waals surface area contributed by atoms with Gasteiger partial charge in [0.25, 0.3) is 0 Å². The molecular formula is C13H17Br2N. The lowest BCUT2D eigenvalue weighted by molar-refractivity contribution is 0.378. The summed E-state index contributed by atoms with van der Waals surface area (Å²) in [5.74, 6) is 0. The van der Waals surface area contributed by atoms with E-state index in [0.29, 0.717) is 11.5 Å². The Morgan fingerprint density at radius 3 is 2.38 bits per heavy atom. The summed E-state index contributed by atoms with van der Waals surface area (Å²) in [7, 11) is 0. The van der Waals surface area contributed by atoms with Gasteiger partial charge in [-0.3, -0.25) is 0 Å². The molecule has 0 heterocycles. The summed E-state index contributed by atoms with van der Waals surface area (Å²) in [5, 5.41) is 3.64. The normalized spacial score (nSPS) is 23.4. The van der Waals surface area contributed by atoms with E-state index in [1.165, 1.54) is 24.9 Å². The molecule has 88 valence electrons. The van der Waals surface area contributed by atoms with Crippen molar-refractivity contribution >= 4 is 37.5 Å². The Morgan fingerprint density at radius 2 is 1.88 bits per heavy atom. The minimum absolute atomic E-state index is 0.491. The predicted molar refractivity (Wildman–Crippen MR) is 76.9 cm³/mol. The highest BCUT2D eigenvalue weighted by Gasteiger charge is 2.31. The number of rotatable bonds is 2. The van der Waals surface area contributed by atoms with Gasteiger partial charge >= 0.3 is 0 Å². The molecule has 1 saturated carbocycles. The van der Waals surface area contributed by atoms with E-state index < -0.39 is 0 Å². The molecule has 1 aromatic rings. The molecule has 2 rings (SSSR count). The second-order valence-corrected chi connectivity index (χ2v) is 7.05. The van der Waals surface area contributed by atoms with Gasteiger partial charge in [-0.2, -0.15) is 0 Å². The SMILES string of the molecule is CC1(C)CCC(Nc2c(Br)cccc2Br)C1. The summed E-state index contributed by atoms with van der Waals surface area (Å²) in [6, 6.07) is 6.79. The van der Waals surface area contributed by atoms with Gasteiger partial charge < -0.3 is 5.32 Å². The maximum atomic E-state index is 3.64. The molecule has 0 amide bonds. The maximum Gasteiger partial charge on any atom is 0.0631 e. The lowest BCUT2D eigenvalue weighted by Crippen LogP contribution is -2.18. The summed E-state index contributed by atoms with van der Waals surface area (Å²) < 4.78 is 2.26. The van der Waals surface area contributed by atoms with Gasteiger partial charge in [0.05, 0.1) is 5.69 Å². The van der Waals surface area contributed by atoms with Crippen molar-refractivity contribution in [2.75, 3.05) is 5.32 Å². The minimum Gasteiger partial charge on any atom is -0.380 e. The molecule has 1 aliphatic rings. The summed E-state index contributed by atoms with van der Waals surface area (Å²) >= 11 is 7.18. The number of benzene rings is 1. The fraction of sp³-hybridized carbons (Fsp3) is 0.538. The van der Waals surface area contributed by atoms with Gasteiger partial charge in [-0.1, -0.05) is 19.9 Å². The van der Waals surface area contributed by atoms with Gasteiger partial charge in [0.15, 0.2) is 0 Å². The van der Waals surface area contributed by atoms with Gasteiger partial charge in [0, 0.05) is 15.0 Å². The predicted octanol–water partition coefficient (Wildman–Crippen LogP) is 5.20. The quantitative estimate of drug-likeness (QED) is 0.775. The van der Waals surface area contributed by atoms with Crippen LogP contribution < -0.4 is 5.32 Å². The first-order valence-electron chi connectivity index (χ1n) is 5.68. The molecule has 0 bridgehead atoms. The Morgan fingerprint density at radius 1 is 1.25 bits per heavy atom. The number of para-hydroxylation sites is 1. The van der Waals surface area contributed by atoms with Gasteiger partial charge in [-0.15, -0.1) is 0 Å². The molecule has 0 saturated heterocycles. The van der Waals surface area contributed by atoms with Crippen LogP contribution in [0.15, 0.2) is 27.1 Å². The molecule has 1 atom stereocenters. The van der Waals surface area contributed by atoms with E-state index in [0.717, 1.165) is 8.95 Å². The largest absolute Gasteiger partial charge is 0.380 e. The molecule has 1 aliphatic carbocycles. The van der Waals surface area contributed by atoms with Crippen molar-refractivity contribution in [3.05, 3.63) is 27.1 Å². The van der Waals surface area contributed by atoms with Crippen LogP contribution in [0.2, 0.25) is 0 Å². The van der Waals surface area contributed by atoms with Crippen LogP contribution in [-0.2, 0) is 0 Å². The van der Waals surface area contributed by atoms with E-state index in [1.807, 2.05) is 6.07 Å². The zero-order chi connectivity index (χ0) is 11.8. The van der Waals surface area contributed by atoms with E-state index >= 15 is 0 Å². The number of hydrogen-bond acceptors (Lipinski definition) is 1. The minimum atomic E-state index is 0.491. The molecule has 1 fully saturated rings. The van der Waals surface area contributed by atoms with E-state index in [9.17, 15) is 0 Å². The summed E-state index contributed by atoms with van der Waals surface area (Å²) in [5.41, 5.74) is 1.68. The van der Waals surface area contributed by atoms with Crippen molar-refractivity contribution in [3.63, 3.8) is 0 Å². The molecule has 0 spiro atoms. The van der Waals surface area contributed by atoms with E-state index in [4.69, 9.17) is 0 Å². The molecule has 0 aliphatic heterocycles. The van der Waals surface area contributed by atoms with Crippen LogP contribution in [0, 0.1) is 5.41 Å². The van der Waals surface area contributed by atoms with Crippen molar-refractivity contribution < 1.29 is 0 Å². The molecule has 1 aromatic carbocycles. The first-order chi connectivity index (χ1) is 7.48. The van der Waals surface area contributed by atoms with Crippen LogP contribution in [0.3, 0.4) is 0 Å². The van der Waals surface area contributed by atoms with Crippen molar-refractivity contribution in [2.45, 2.75) is 39.2 Å². The number of halogens is 2. The average Bonchev–Trinajstić information content (AvgIpc) is 2.52. The second kappa shape index (κ2) is 4.69. The zero-order valence-corrected chi connectivity index (χ0v) is 12.9. The first-order valence-corrected chi connectivity index (χ1v) is 7.27. The standard InChI is InChI=1S/C13H17Br2N/c1-13(2)7-6-9(8-13)16-12-10(14)4-3-5-11(12)15/h3-5,9,16H,6-8H2,1-2H3. The summed E-state index contributed by atoms with van der Waals surface area (Å²) in [6.07, 6.45) is 3.83. The fourth-order valence-corrected chi connectivity index (χ4v) is 3.63. The van der Waals surface area contributed by atoms with E-state index in [1.54, 1.807) is 0 Å². The molecule has 16 heavy (non-hydrogen) atoms. The van der Waals surface area contributed by atoms with Gasteiger partial charge in [-0.05, 0) is 68.7 Å². The van der Waals surface area contributed by atoms with Gasteiger partial charge in [-0.25, -0.2) is 0 Å². The van der Waals surface area contributed by atoms with Gasteiger partial charge in [0.1, 0.15) is 0 Å². The van der Waals surface area contributed by atoms with Crippen LogP contribution in [-0.4, -0.2) is 6.04 Å². The Balaban J connectivity index is 2.11. The monoisotopic (exact) mass is 345 g/mol. The smallest absolute Gasteiger partial charge is 0.0631 e. The molecule has 0 radical (unpaired) electrons. The van der Waals surface area contributed by atoms with Crippen LogP contribution in [0.4, 0.5) is 5.69 Å². The molecule has 3 heteroatoms. The number of nitrogens with one attached hydrogen (secondary N) is 1. The highest BCUT2D eigenvalue weighted by atomic mass is 79.9. The van der Waals surface area contributed by atoms with E-state index in [2.05, 4.69) is 63.2 Å². The molecular weight excluding hydrogens is 330 g/mol. The third kappa shape index (κ3) is 2.80. The number of hydrogen-bond donors (Lipinski definition) is 1. The lowest BCUT2D eigenvalue weighted by Gasteiger charge is -2.20. The van der Waals surface area contributed by atoms with Crippen LogP contribution in [0.5, 0.6) is 0 Å². The third-order valence-corrected chi connectivity index (χ3v) is 4.60. The second-order valence-electron chi connectivity index (χ2n) is 5.34. The molecule has 1 N–H and O–H groups in total. The molecule has 1 nitrogen and oxygen atoms in total. The number of anilines is 1. The van der Waals surface area contributed by atoms with Crippen LogP contribution in [0.1, 0.15) is 33.1 Å². The zero-order valence-electron chi connectivity index (χ0n) is 9.69. The topological polar surface area (TPSA) is 12.0 Å². The van der Waals surface area contributed by atoms with Gasteiger partial charge in [0.2, 0.25) is 0 Å². The van der Waals surface area contributed by atoms with Crippen molar-refractivity contribution in [3.8, 4) is 0 Å². The Labute approximate surface area is 114 Å². The Hall–Kier alpha value is -0.0200. The van der Waals surface area contributed by atoms with Crippen LogP contribution >= 0.6 is 31.9 Å². The molecule has 1 unspecified atom stereocenters. The fourth-order valence-electron chi connectivity index (χ4n) is 2.40. The van der Waals surface area contributed by atoms with Crippen LogP contribution in [0.25, 0.3) is 0 Å². The average molecular weight is 347 g/mol. The summed E-state index contributed by atoms with van der Waals surface area (Å²) in [6.45, 7) is 4.70. The lowest BCUT2D eigenvalue weighted by atomic mass is 9.92. The summed E-state index contributed by atoms with van der Waals surface area (Å²) in [4.78, 5) is 0. The highest BCUT2D eigenvalue weighted by molar-refractivity contribution is 9.11. The first kappa shape index (κ1) is 12.4. The van der Waals surface area contributed by atoms with E-state index in [-0.39, 0.29) is 0 Å². The van der Waals surface area contributed by atoms with Crippen molar-refractivity contribution in [1.29, 1.82) is 0 Å².